The molecule has 2 atom stereocenters. The van der Waals surface area contributed by atoms with Gasteiger partial charge in [0.1, 0.15) is 28.9 Å². The van der Waals surface area contributed by atoms with Gasteiger partial charge in [-0.15, -0.1) is 0 Å². The third kappa shape index (κ3) is 3.68. The maximum atomic E-state index is 13.1. The Labute approximate surface area is 146 Å². The van der Waals surface area contributed by atoms with E-state index in [1.807, 2.05) is 0 Å². The Morgan fingerprint density at radius 1 is 1.12 bits per heavy atom. The monoisotopic (exact) mass is 368 g/mol. The van der Waals surface area contributed by atoms with Crippen LogP contribution in [0.4, 0.5) is 13.2 Å². The number of alkyl halides is 3. The molecular weight excluding hydrogens is 353 g/mol. The topological polar surface area (TPSA) is 65.0 Å². The van der Waals surface area contributed by atoms with Gasteiger partial charge in [-0.05, 0) is 54.4 Å². The molecule has 1 aliphatic rings. The summed E-state index contributed by atoms with van der Waals surface area (Å²) >= 11 is 0. The first-order valence-electron chi connectivity index (χ1n) is 7.69. The van der Waals surface area contributed by atoms with E-state index in [-0.39, 0.29) is 12.2 Å². The summed E-state index contributed by atoms with van der Waals surface area (Å²) in [4.78, 5) is 11.2. The number of halogens is 3. The van der Waals surface area contributed by atoms with E-state index < -0.39 is 24.2 Å². The molecule has 1 aliphatic heterocycles. The molecule has 0 spiro atoms. The maximum absolute atomic E-state index is 13.1. The van der Waals surface area contributed by atoms with Gasteiger partial charge in [0.2, 0.25) is 6.10 Å². The van der Waals surface area contributed by atoms with E-state index in [9.17, 15) is 18.0 Å². The van der Waals surface area contributed by atoms with Crippen molar-refractivity contribution in [3.05, 3.63) is 48.0 Å². The molecule has 0 bridgehead atoms. The molecule has 3 rings (SSSR count). The molecule has 26 heavy (non-hydrogen) atoms. The smallest absolute Gasteiger partial charge is 0.426 e. The Hall–Kier alpha value is -2.90. The van der Waals surface area contributed by atoms with Gasteiger partial charge in [0.15, 0.2) is 0 Å². The second-order valence-electron chi connectivity index (χ2n) is 5.78. The summed E-state index contributed by atoms with van der Waals surface area (Å²) in [6.07, 6.45) is -7.44. The number of ether oxygens (including phenoxy) is 3. The molecular formula is C18H15F3O5. The molecule has 2 aromatic carbocycles. The molecule has 0 saturated carbocycles. The van der Waals surface area contributed by atoms with Gasteiger partial charge in [-0.25, -0.2) is 0 Å². The number of fused-ring (bicyclic) bond motifs is 1. The lowest BCUT2D eigenvalue weighted by atomic mass is 9.90. The summed E-state index contributed by atoms with van der Waals surface area (Å²) < 4.78 is 54.8. The lowest BCUT2D eigenvalue weighted by Gasteiger charge is -2.32. The summed E-state index contributed by atoms with van der Waals surface area (Å²) in [5, 5.41) is 9.13. The van der Waals surface area contributed by atoms with Crippen molar-refractivity contribution in [2.75, 3.05) is 7.11 Å². The predicted molar refractivity (Wildman–Crippen MR) is 84.8 cm³/mol. The van der Waals surface area contributed by atoms with Gasteiger partial charge in [0.05, 0.1) is 7.11 Å². The first-order chi connectivity index (χ1) is 12.3. The second-order valence-corrected chi connectivity index (χ2v) is 5.78. The lowest BCUT2D eigenvalue weighted by Crippen LogP contribution is -2.47. The number of carbonyl (C=O) groups is 1. The molecule has 1 heterocycles. The molecule has 0 unspecified atom stereocenters. The highest BCUT2D eigenvalue weighted by molar-refractivity contribution is 5.72. The highest BCUT2D eigenvalue weighted by atomic mass is 19.4. The van der Waals surface area contributed by atoms with Crippen LogP contribution in [0.3, 0.4) is 0 Å². The minimum Gasteiger partial charge on any atom is -0.497 e. The number of rotatable bonds is 4. The Bertz CT molecular complexity index is 801. The number of methoxy groups -OCH3 is 1. The third-order valence-corrected chi connectivity index (χ3v) is 4.03. The fourth-order valence-corrected chi connectivity index (χ4v) is 2.75. The van der Waals surface area contributed by atoms with Crippen molar-refractivity contribution in [1.29, 1.82) is 0 Å². The molecule has 2 aromatic rings. The van der Waals surface area contributed by atoms with Crippen molar-refractivity contribution >= 4 is 5.97 Å². The highest BCUT2D eigenvalue weighted by Crippen LogP contribution is 2.40. The van der Waals surface area contributed by atoms with Gasteiger partial charge in [-0.1, -0.05) is 0 Å². The SMILES string of the molecule is COc1ccc(Oc2ccc3c(c2)C[C@@H](C(=O)O)[C@@H](C(F)(F)F)O3)cc1. The summed E-state index contributed by atoms with van der Waals surface area (Å²) in [5.74, 6) is -1.73. The Balaban J connectivity index is 1.84. The number of benzene rings is 2. The van der Waals surface area contributed by atoms with Crippen molar-refractivity contribution in [1.82, 2.24) is 0 Å². The normalized spacial score (nSPS) is 19.2. The van der Waals surface area contributed by atoms with Crippen molar-refractivity contribution in [2.45, 2.75) is 18.7 Å². The Morgan fingerprint density at radius 2 is 1.73 bits per heavy atom. The highest BCUT2D eigenvalue weighted by Gasteiger charge is 2.52. The van der Waals surface area contributed by atoms with Crippen LogP contribution >= 0.6 is 0 Å². The van der Waals surface area contributed by atoms with E-state index in [1.54, 1.807) is 24.3 Å². The summed E-state index contributed by atoms with van der Waals surface area (Å²) in [5.41, 5.74) is 0.351. The van der Waals surface area contributed by atoms with Crippen LogP contribution < -0.4 is 14.2 Å². The first kappa shape index (κ1) is 17.9. The van der Waals surface area contributed by atoms with Gasteiger partial charge in [0.25, 0.3) is 0 Å². The number of aliphatic carboxylic acids is 1. The van der Waals surface area contributed by atoms with E-state index in [0.29, 0.717) is 22.8 Å². The minimum atomic E-state index is -4.76. The zero-order valence-electron chi connectivity index (χ0n) is 13.6. The van der Waals surface area contributed by atoms with Crippen LogP contribution in [0, 0.1) is 5.92 Å². The van der Waals surface area contributed by atoms with Gasteiger partial charge >= 0.3 is 12.1 Å². The number of hydrogen-bond acceptors (Lipinski definition) is 4. The fraction of sp³-hybridized carbons (Fsp3) is 0.278. The zero-order chi connectivity index (χ0) is 18.9. The second kappa shape index (κ2) is 6.78. The summed E-state index contributed by atoms with van der Waals surface area (Å²) in [6.45, 7) is 0. The average Bonchev–Trinajstić information content (AvgIpc) is 2.60. The predicted octanol–water partition coefficient (Wildman–Crippen LogP) is 4.05. The Morgan fingerprint density at radius 3 is 2.31 bits per heavy atom. The van der Waals surface area contributed by atoms with Crippen LogP contribution in [0.2, 0.25) is 0 Å². The molecule has 0 aliphatic carbocycles. The largest absolute Gasteiger partial charge is 0.497 e. The zero-order valence-corrected chi connectivity index (χ0v) is 13.6. The number of carboxylic acids is 1. The van der Waals surface area contributed by atoms with Crippen LogP contribution in [-0.4, -0.2) is 30.5 Å². The van der Waals surface area contributed by atoms with Crippen molar-refractivity contribution in [3.8, 4) is 23.0 Å². The van der Waals surface area contributed by atoms with Gasteiger partial charge in [-0.2, -0.15) is 13.2 Å². The Kier molecular flexibility index (Phi) is 4.67. The quantitative estimate of drug-likeness (QED) is 0.882. The number of carboxylic acid groups (broad SMARTS) is 1. The van der Waals surface area contributed by atoms with Crippen molar-refractivity contribution in [3.63, 3.8) is 0 Å². The van der Waals surface area contributed by atoms with E-state index in [4.69, 9.17) is 19.3 Å². The average molecular weight is 368 g/mol. The molecule has 0 fully saturated rings. The van der Waals surface area contributed by atoms with E-state index in [0.717, 1.165) is 0 Å². The van der Waals surface area contributed by atoms with Crippen molar-refractivity contribution in [2.24, 2.45) is 5.92 Å². The van der Waals surface area contributed by atoms with Crippen LogP contribution in [0.5, 0.6) is 23.0 Å². The van der Waals surface area contributed by atoms with Crippen LogP contribution in [0.25, 0.3) is 0 Å². The van der Waals surface area contributed by atoms with E-state index in [2.05, 4.69) is 0 Å². The molecule has 8 heteroatoms. The first-order valence-corrected chi connectivity index (χ1v) is 7.69. The summed E-state index contributed by atoms with van der Waals surface area (Å²) in [7, 11) is 1.53. The van der Waals surface area contributed by atoms with Crippen molar-refractivity contribution < 1.29 is 37.3 Å². The molecule has 0 aromatic heterocycles. The molecule has 138 valence electrons. The van der Waals surface area contributed by atoms with Gasteiger partial charge < -0.3 is 19.3 Å². The van der Waals surface area contributed by atoms with E-state index in [1.165, 1.54) is 25.3 Å². The molecule has 0 amide bonds. The lowest BCUT2D eigenvalue weighted by molar-refractivity contribution is -0.217. The molecule has 0 saturated heterocycles. The van der Waals surface area contributed by atoms with E-state index >= 15 is 0 Å². The van der Waals surface area contributed by atoms with Gasteiger partial charge in [0, 0.05) is 0 Å². The molecule has 5 nitrogen and oxygen atoms in total. The molecule has 1 N–H and O–H groups in total. The van der Waals surface area contributed by atoms with Crippen LogP contribution in [-0.2, 0) is 11.2 Å². The summed E-state index contributed by atoms with van der Waals surface area (Å²) in [6, 6.07) is 11.1. The number of hydrogen-bond donors (Lipinski definition) is 1. The maximum Gasteiger partial charge on any atom is 0.426 e. The van der Waals surface area contributed by atoms with Crippen LogP contribution in [0.15, 0.2) is 42.5 Å². The fourth-order valence-electron chi connectivity index (χ4n) is 2.75. The van der Waals surface area contributed by atoms with Gasteiger partial charge in [-0.3, -0.25) is 4.79 Å². The van der Waals surface area contributed by atoms with Crippen LogP contribution in [0.1, 0.15) is 5.56 Å². The standard InChI is InChI=1S/C18H15F3O5/c1-24-11-2-4-12(5-3-11)25-13-6-7-15-10(8-13)9-14(17(22)23)16(26-15)18(19,20)21/h2-8,14,16H,9H2,1H3,(H,22,23)/t14-,16+/m1/s1. The molecule has 0 radical (unpaired) electrons. The minimum absolute atomic E-state index is 0.00639. The third-order valence-electron chi connectivity index (χ3n) is 4.03.